The number of nitrogens with two attached hydrogens (primary N) is 1. The average Bonchev–Trinajstić information content (AvgIpc) is 2.53. The lowest BCUT2D eigenvalue weighted by Gasteiger charge is -2.31. The first-order chi connectivity index (χ1) is 10.0. The van der Waals surface area contributed by atoms with Crippen molar-refractivity contribution in [2.75, 3.05) is 12.5 Å². The van der Waals surface area contributed by atoms with Gasteiger partial charge in [-0.15, -0.1) is 0 Å². The lowest BCUT2D eigenvalue weighted by molar-refractivity contribution is -0.385. The van der Waals surface area contributed by atoms with Crippen molar-refractivity contribution >= 4 is 17.3 Å². The average molecular weight is 292 g/mol. The first-order valence-corrected chi connectivity index (χ1v) is 7.07. The largest absolute Gasteiger partial charge is 0.339 e. The summed E-state index contributed by atoms with van der Waals surface area (Å²) in [5, 5.41) is 11.1. The van der Waals surface area contributed by atoms with E-state index < -0.39 is 4.92 Å². The van der Waals surface area contributed by atoms with Crippen LogP contribution in [0.15, 0.2) is 18.2 Å². The predicted octanol–water partition coefficient (Wildman–Crippen LogP) is 2.29. The third-order valence-corrected chi connectivity index (χ3v) is 4.03. The lowest BCUT2D eigenvalue weighted by atomic mass is 9.94. The molecule has 1 aromatic rings. The van der Waals surface area contributed by atoms with Crippen LogP contribution in [0.25, 0.3) is 0 Å². The van der Waals surface area contributed by atoms with Crippen molar-refractivity contribution in [2.45, 2.75) is 38.1 Å². The van der Waals surface area contributed by atoms with Gasteiger partial charge in [-0.25, -0.2) is 0 Å². The van der Waals surface area contributed by atoms with E-state index in [2.05, 4.69) is 5.43 Å². The molecule has 1 aromatic carbocycles. The minimum absolute atomic E-state index is 0.0727. The van der Waals surface area contributed by atoms with E-state index >= 15 is 0 Å². The van der Waals surface area contributed by atoms with E-state index in [0.29, 0.717) is 5.69 Å². The van der Waals surface area contributed by atoms with Gasteiger partial charge in [0.25, 0.3) is 11.6 Å². The fourth-order valence-corrected chi connectivity index (χ4v) is 2.78. The molecule has 7 heteroatoms. The van der Waals surface area contributed by atoms with Gasteiger partial charge in [0, 0.05) is 24.8 Å². The Morgan fingerprint density at radius 2 is 2.05 bits per heavy atom. The van der Waals surface area contributed by atoms with Gasteiger partial charge in [0.15, 0.2) is 0 Å². The summed E-state index contributed by atoms with van der Waals surface area (Å²) in [6.45, 7) is 0. The van der Waals surface area contributed by atoms with Crippen molar-refractivity contribution in [3.8, 4) is 0 Å². The van der Waals surface area contributed by atoms with Crippen molar-refractivity contribution in [3.63, 3.8) is 0 Å². The fraction of sp³-hybridized carbons (Fsp3) is 0.500. The molecule has 21 heavy (non-hydrogen) atoms. The third-order valence-electron chi connectivity index (χ3n) is 4.03. The number of hydrazine groups is 1. The van der Waals surface area contributed by atoms with Gasteiger partial charge in [-0.05, 0) is 25.0 Å². The Hall–Kier alpha value is -2.15. The number of benzene rings is 1. The lowest BCUT2D eigenvalue weighted by Crippen LogP contribution is -2.38. The molecule has 114 valence electrons. The van der Waals surface area contributed by atoms with Gasteiger partial charge in [0.05, 0.1) is 4.92 Å². The Balaban J connectivity index is 2.29. The number of nitrogens with zero attached hydrogens (tertiary/aromatic N) is 2. The molecule has 3 N–H and O–H groups in total. The number of carbonyl (C=O) groups excluding carboxylic acids is 1. The molecule has 0 saturated heterocycles. The number of nitro benzene ring substituents is 1. The zero-order chi connectivity index (χ0) is 15.4. The molecule has 1 amide bonds. The number of rotatable bonds is 4. The topological polar surface area (TPSA) is 102 Å². The van der Waals surface area contributed by atoms with Gasteiger partial charge in [-0.1, -0.05) is 19.3 Å². The molecule has 1 saturated carbocycles. The third kappa shape index (κ3) is 3.30. The Morgan fingerprint density at radius 1 is 1.38 bits per heavy atom. The van der Waals surface area contributed by atoms with Crippen molar-refractivity contribution in [2.24, 2.45) is 5.84 Å². The smallest absolute Gasteiger partial charge is 0.282 e. The van der Waals surface area contributed by atoms with E-state index in [1.165, 1.54) is 24.6 Å². The molecule has 0 aliphatic heterocycles. The standard InChI is InChI=1S/C14H20N4O3/c1-17(11-5-3-2-4-6-11)14(19)12-9-10(16-15)7-8-13(12)18(20)21/h7-9,11,16H,2-6,15H2,1H3. The molecular weight excluding hydrogens is 272 g/mol. The monoisotopic (exact) mass is 292 g/mol. The maximum Gasteiger partial charge on any atom is 0.282 e. The summed E-state index contributed by atoms with van der Waals surface area (Å²) in [5.41, 5.74) is 2.77. The number of amides is 1. The molecular formula is C14H20N4O3. The van der Waals surface area contributed by atoms with Gasteiger partial charge in [0.1, 0.15) is 5.56 Å². The van der Waals surface area contributed by atoms with Crippen LogP contribution in [-0.4, -0.2) is 28.8 Å². The minimum Gasteiger partial charge on any atom is -0.339 e. The van der Waals surface area contributed by atoms with Crippen molar-refractivity contribution in [1.29, 1.82) is 0 Å². The van der Waals surface area contributed by atoms with Crippen LogP contribution < -0.4 is 11.3 Å². The van der Waals surface area contributed by atoms with Crippen molar-refractivity contribution in [1.82, 2.24) is 4.90 Å². The van der Waals surface area contributed by atoms with E-state index in [1.54, 1.807) is 11.9 Å². The van der Waals surface area contributed by atoms with E-state index in [9.17, 15) is 14.9 Å². The predicted molar refractivity (Wildman–Crippen MR) is 79.9 cm³/mol. The molecule has 7 nitrogen and oxygen atoms in total. The molecule has 0 radical (unpaired) electrons. The van der Waals surface area contributed by atoms with Crippen molar-refractivity contribution < 1.29 is 9.72 Å². The zero-order valence-electron chi connectivity index (χ0n) is 12.0. The molecule has 0 unspecified atom stereocenters. The van der Waals surface area contributed by atoms with Crippen LogP contribution in [-0.2, 0) is 0 Å². The molecule has 2 rings (SSSR count). The van der Waals surface area contributed by atoms with Crippen LogP contribution in [0.4, 0.5) is 11.4 Å². The van der Waals surface area contributed by atoms with Crippen LogP contribution >= 0.6 is 0 Å². The van der Waals surface area contributed by atoms with Crippen LogP contribution in [0.5, 0.6) is 0 Å². The molecule has 0 aromatic heterocycles. The van der Waals surface area contributed by atoms with Crippen molar-refractivity contribution in [3.05, 3.63) is 33.9 Å². The molecule has 1 aliphatic rings. The van der Waals surface area contributed by atoms with Crippen LogP contribution in [0.1, 0.15) is 42.5 Å². The molecule has 1 fully saturated rings. The highest BCUT2D eigenvalue weighted by Crippen LogP contribution is 2.27. The highest BCUT2D eigenvalue weighted by Gasteiger charge is 2.28. The van der Waals surface area contributed by atoms with Crippen LogP contribution in [0.3, 0.4) is 0 Å². The van der Waals surface area contributed by atoms with E-state index in [-0.39, 0.29) is 23.2 Å². The number of hydrogen-bond donors (Lipinski definition) is 2. The molecule has 0 bridgehead atoms. The number of carbonyl (C=O) groups is 1. The summed E-state index contributed by atoms with van der Waals surface area (Å²) in [6.07, 6.45) is 5.27. The SMILES string of the molecule is CN(C(=O)c1cc(NN)ccc1[N+](=O)[O-])C1CCCCC1. The normalized spacial score (nSPS) is 15.5. The van der Waals surface area contributed by atoms with Gasteiger partial charge >= 0.3 is 0 Å². The van der Waals surface area contributed by atoms with Gasteiger partial charge < -0.3 is 10.3 Å². The first kappa shape index (κ1) is 15.2. The second kappa shape index (κ2) is 6.53. The summed E-state index contributed by atoms with van der Waals surface area (Å²) in [6, 6.07) is 4.37. The zero-order valence-corrected chi connectivity index (χ0v) is 12.0. The van der Waals surface area contributed by atoms with E-state index in [4.69, 9.17) is 5.84 Å². The number of nitro groups is 1. The summed E-state index contributed by atoms with van der Waals surface area (Å²) in [4.78, 5) is 24.8. The molecule has 1 aliphatic carbocycles. The second-order valence-corrected chi connectivity index (χ2v) is 5.34. The maximum atomic E-state index is 12.6. The molecule has 0 atom stereocenters. The van der Waals surface area contributed by atoms with E-state index in [1.807, 2.05) is 0 Å². The first-order valence-electron chi connectivity index (χ1n) is 7.07. The fourth-order valence-electron chi connectivity index (χ4n) is 2.78. The molecule has 0 heterocycles. The maximum absolute atomic E-state index is 12.6. The number of nitrogen functional groups attached to an aromatic ring is 1. The van der Waals surface area contributed by atoms with Gasteiger partial charge in [-0.3, -0.25) is 20.8 Å². The quantitative estimate of drug-likeness (QED) is 0.503. The minimum atomic E-state index is -0.539. The Kier molecular flexibility index (Phi) is 4.74. The summed E-state index contributed by atoms with van der Waals surface area (Å²) >= 11 is 0. The Labute approximate surface area is 123 Å². The Bertz CT molecular complexity index is 541. The number of nitrogens with one attached hydrogen (secondary N) is 1. The second-order valence-electron chi connectivity index (χ2n) is 5.34. The van der Waals surface area contributed by atoms with E-state index in [0.717, 1.165) is 25.7 Å². The van der Waals surface area contributed by atoms with Gasteiger partial charge in [-0.2, -0.15) is 0 Å². The molecule has 0 spiro atoms. The Morgan fingerprint density at radius 3 is 2.62 bits per heavy atom. The number of hydrogen-bond acceptors (Lipinski definition) is 5. The highest BCUT2D eigenvalue weighted by atomic mass is 16.6. The van der Waals surface area contributed by atoms with Crippen LogP contribution in [0, 0.1) is 10.1 Å². The summed E-state index contributed by atoms with van der Waals surface area (Å²) < 4.78 is 0. The number of anilines is 1. The van der Waals surface area contributed by atoms with Crippen LogP contribution in [0.2, 0.25) is 0 Å². The highest BCUT2D eigenvalue weighted by molar-refractivity contribution is 5.99. The summed E-state index contributed by atoms with van der Waals surface area (Å²) in [7, 11) is 1.71. The van der Waals surface area contributed by atoms with Gasteiger partial charge in [0.2, 0.25) is 0 Å². The summed E-state index contributed by atoms with van der Waals surface area (Å²) in [5.74, 6) is 4.99.